The van der Waals surface area contributed by atoms with Gasteiger partial charge in [-0.2, -0.15) is 13.7 Å². The van der Waals surface area contributed by atoms with Crippen LogP contribution in [-0.4, -0.2) is 65.6 Å². The van der Waals surface area contributed by atoms with Crippen LogP contribution >= 0.6 is 11.3 Å². The zero-order valence-electron chi connectivity index (χ0n) is 18.2. The maximum Gasteiger partial charge on any atom is 0.369 e. The molecule has 0 atom stereocenters. The van der Waals surface area contributed by atoms with Crippen LogP contribution in [0.25, 0.3) is 5.00 Å². The van der Waals surface area contributed by atoms with Crippen molar-refractivity contribution in [3.05, 3.63) is 46.2 Å². The number of hydrogen-bond donors (Lipinski definition) is 1. The molecule has 172 valence electrons. The summed E-state index contributed by atoms with van der Waals surface area (Å²) in [6.07, 6.45) is 0. The summed E-state index contributed by atoms with van der Waals surface area (Å²) in [5.41, 5.74) is 0.381. The Labute approximate surface area is 189 Å². The van der Waals surface area contributed by atoms with E-state index in [1.54, 1.807) is 56.4 Å². The normalized spacial score (nSPS) is 11.7. The number of thiophene rings is 1. The lowest BCUT2D eigenvalue weighted by atomic mass is 10.2. The topological polar surface area (TPSA) is 122 Å². The van der Waals surface area contributed by atoms with E-state index in [9.17, 15) is 18.0 Å². The van der Waals surface area contributed by atoms with Gasteiger partial charge in [0.2, 0.25) is 15.9 Å². The van der Waals surface area contributed by atoms with Crippen molar-refractivity contribution in [2.24, 2.45) is 0 Å². The fourth-order valence-corrected chi connectivity index (χ4v) is 5.26. The second kappa shape index (κ2) is 9.63. The average molecular weight is 480 g/mol. The van der Waals surface area contributed by atoms with E-state index in [0.29, 0.717) is 29.5 Å². The van der Waals surface area contributed by atoms with Gasteiger partial charge in [0.05, 0.1) is 16.3 Å². The Morgan fingerprint density at radius 1 is 1.16 bits per heavy atom. The minimum Gasteiger partial charge on any atom is -0.376 e. The lowest BCUT2D eigenvalue weighted by Gasteiger charge is -2.22. The number of carbonyl (C=O) groups excluding carboxylic acids is 1. The molecule has 3 aromatic rings. The van der Waals surface area contributed by atoms with Gasteiger partial charge in [0.15, 0.2) is 0 Å². The monoisotopic (exact) mass is 479 g/mol. The van der Waals surface area contributed by atoms with Crippen LogP contribution in [0.2, 0.25) is 0 Å². The van der Waals surface area contributed by atoms with E-state index in [-0.39, 0.29) is 11.4 Å². The lowest BCUT2D eigenvalue weighted by molar-refractivity contribution is -0.117. The smallest absolute Gasteiger partial charge is 0.369 e. The van der Waals surface area contributed by atoms with Gasteiger partial charge in [0.25, 0.3) is 0 Å². The molecule has 0 bridgehead atoms. The third-order valence-corrected chi connectivity index (χ3v) is 7.60. The molecule has 1 N–H and O–H groups in total. The van der Waals surface area contributed by atoms with E-state index < -0.39 is 21.6 Å². The number of tetrazole rings is 1. The van der Waals surface area contributed by atoms with Gasteiger partial charge in [-0.15, -0.1) is 11.3 Å². The zero-order chi connectivity index (χ0) is 23.5. The van der Waals surface area contributed by atoms with Crippen molar-refractivity contribution in [1.82, 2.24) is 24.1 Å². The summed E-state index contributed by atoms with van der Waals surface area (Å²) in [7, 11) is -0.149. The molecule has 1 amide bonds. The maximum absolute atomic E-state index is 12.9. The van der Waals surface area contributed by atoms with Gasteiger partial charge >= 0.3 is 5.69 Å². The fourth-order valence-electron chi connectivity index (χ4n) is 3.11. The van der Waals surface area contributed by atoms with Gasteiger partial charge in [-0.05, 0) is 46.1 Å². The lowest BCUT2D eigenvalue weighted by Crippen LogP contribution is -2.31. The van der Waals surface area contributed by atoms with Gasteiger partial charge in [0, 0.05) is 27.2 Å². The molecule has 0 aliphatic carbocycles. The van der Waals surface area contributed by atoms with E-state index in [0.717, 1.165) is 9.36 Å². The first-order valence-electron chi connectivity index (χ1n) is 9.87. The second-order valence-corrected chi connectivity index (χ2v) is 9.86. The Hall–Kier alpha value is -3.03. The second-order valence-electron chi connectivity index (χ2n) is 6.99. The molecule has 0 radical (unpaired) electrons. The molecular formula is C19H25N7O4S2. The number of sulfonamides is 1. The van der Waals surface area contributed by atoms with E-state index in [4.69, 9.17) is 0 Å². The minimum atomic E-state index is -3.71. The number of benzene rings is 1. The van der Waals surface area contributed by atoms with Crippen LogP contribution in [0.4, 0.5) is 11.4 Å². The SMILES string of the molecule is CCN(CC)S(=O)(=O)c1ccc(N(C)C)c(NC(=O)Cn2nnn(-c3cccs3)c2=O)c1. The van der Waals surface area contributed by atoms with Crippen molar-refractivity contribution in [3.63, 3.8) is 0 Å². The van der Waals surface area contributed by atoms with Crippen molar-refractivity contribution in [2.75, 3.05) is 37.4 Å². The summed E-state index contributed by atoms with van der Waals surface area (Å²) in [6, 6.07) is 8.06. The molecule has 0 aliphatic heterocycles. The molecule has 2 heterocycles. The van der Waals surface area contributed by atoms with Crippen molar-refractivity contribution in [3.8, 4) is 5.00 Å². The Morgan fingerprint density at radius 2 is 1.88 bits per heavy atom. The molecule has 2 aromatic heterocycles. The number of nitrogens with zero attached hydrogens (tertiary/aromatic N) is 6. The van der Waals surface area contributed by atoms with Crippen LogP contribution in [0, 0.1) is 0 Å². The quantitative estimate of drug-likeness (QED) is 0.490. The number of hydrogen-bond acceptors (Lipinski definition) is 8. The number of nitrogens with one attached hydrogen (secondary N) is 1. The van der Waals surface area contributed by atoms with Crippen LogP contribution in [-0.2, 0) is 21.4 Å². The fraction of sp³-hybridized carbons (Fsp3) is 0.368. The minimum absolute atomic E-state index is 0.0721. The van der Waals surface area contributed by atoms with Gasteiger partial charge in [-0.25, -0.2) is 13.2 Å². The third kappa shape index (κ3) is 4.74. The number of amides is 1. The Morgan fingerprint density at radius 3 is 2.47 bits per heavy atom. The van der Waals surface area contributed by atoms with Crippen LogP contribution in [0.1, 0.15) is 13.8 Å². The van der Waals surface area contributed by atoms with Gasteiger partial charge in [-0.3, -0.25) is 4.79 Å². The van der Waals surface area contributed by atoms with E-state index >= 15 is 0 Å². The number of aromatic nitrogens is 4. The van der Waals surface area contributed by atoms with Crippen LogP contribution < -0.4 is 15.9 Å². The summed E-state index contributed by atoms with van der Waals surface area (Å²) < 4.78 is 29.2. The maximum atomic E-state index is 12.9. The number of carbonyl (C=O) groups is 1. The summed E-state index contributed by atoms with van der Waals surface area (Å²) in [5, 5.41) is 12.7. The molecule has 0 aliphatic rings. The highest BCUT2D eigenvalue weighted by Gasteiger charge is 2.23. The molecule has 13 heteroatoms. The van der Waals surface area contributed by atoms with Crippen LogP contribution in [0.5, 0.6) is 0 Å². The number of rotatable bonds is 9. The molecule has 0 saturated heterocycles. The molecular weight excluding hydrogens is 454 g/mol. The largest absolute Gasteiger partial charge is 0.376 e. The Bertz CT molecular complexity index is 1240. The van der Waals surface area contributed by atoms with Crippen molar-refractivity contribution in [2.45, 2.75) is 25.3 Å². The van der Waals surface area contributed by atoms with E-state index in [2.05, 4.69) is 15.7 Å². The van der Waals surface area contributed by atoms with Crippen molar-refractivity contribution >= 4 is 38.6 Å². The Kier molecular flexibility index (Phi) is 7.11. The van der Waals surface area contributed by atoms with Gasteiger partial charge in [0.1, 0.15) is 11.5 Å². The predicted molar refractivity (Wildman–Crippen MR) is 123 cm³/mol. The summed E-state index contributed by atoms with van der Waals surface area (Å²) in [4.78, 5) is 27.0. The predicted octanol–water partition coefficient (Wildman–Crippen LogP) is 1.23. The van der Waals surface area contributed by atoms with Crippen molar-refractivity contribution < 1.29 is 13.2 Å². The van der Waals surface area contributed by atoms with Crippen LogP contribution in [0.15, 0.2) is 45.4 Å². The standard InChI is InChI=1S/C19H25N7O4S2/c1-5-24(6-2)32(29,30)14-9-10-16(23(3)4)15(12-14)20-17(27)13-25-19(28)26(22-21-25)18-8-7-11-31-18/h7-12H,5-6,13H2,1-4H3,(H,20,27). The molecule has 0 spiro atoms. The molecule has 3 rings (SSSR count). The molecule has 0 fully saturated rings. The molecule has 11 nitrogen and oxygen atoms in total. The van der Waals surface area contributed by atoms with Crippen LogP contribution in [0.3, 0.4) is 0 Å². The summed E-state index contributed by atoms with van der Waals surface area (Å²) in [6.45, 7) is 3.82. The van der Waals surface area contributed by atoms with Gasteiger partial charge < -0.3 is 10.2 Å². The molecule has 0 saturated carbocycles. The van der Waals surface area contributed by atoms with Crippen molar-refractivity contribution in [1.29, 1.82) is 0 Å². The number of anilines is 2. The Balaban J connectivity index is 1.87. The first-order chi connectivity index (χ1) is 15.2. The van der Waals surface area contributed by atoms with E-state index in [1.165, 1.54) is 27.8 Å². The molecule has 0 unspecified atom stereocenters. The first-order valence-corrected chi connectivity index (χ1v) is 12.2. The summed E-state index contributed by atoms with van der Waals surface area (Å²) >= 11 is 1.32. The average Bonchev–Trinajstić information content (AvgIpc) is 3.39. The van der Waals surface area contributed by atoms with E-state index in [1.807, 2.05) is 0 Å². The highest BCUT2D eigenvalue weighted by Crippen LogP contribution is 2.29. The summed E-state index contributed by atoms with van der Waals surface area (Å²) in [5.74, 6) is -0.536. The third-order valence-electron chi connectivity index (χ3n) is 4.71. The highest BCUT2D eigenvalue weighted by atomic mass is 32.2. The zero-order valence-corrected chi connectivity index (χ0v) is 19.9. The first kappa shape index (κ1) is 23.6. The molecule has 1 aromatic carbocycles. The highest BCUT2D eigenvalue weighted by molar-refractivity contribution is 7.89. The van der Waals surface area contributed by atoms with Gasteiger partial charge in [-0.1, -0.05) is 13.8 Å². The molecule has 32 heavy (non-hydrogen) atoms.